The minimum atomic E-state index is 0.300. The predicted molar refractivity (Wildman–Crippen MR) is 116 cm³/mol. The van der Waals surface area contributed by atoms with Crippen LogP contribution in [0.15, 0.2) is 35.6 Å². The fourth-order valence-electron chi connectivity index (χ4n) is 3.47. The molecular formula is C22H33N5O2. The van der Waals surface area contributed by atoms with Crippen LogP contribution in [0.25, 0.3) is 0 Å². The Balaban J connectivity index is 1.63. The second-order valence-corrected chi connectivity index (χ2v) is 7.40. The summed E-state index contributed by atoms with van der Waals surface area (Å²) in [7, 11) is 1.68. The number of hydrogen-bond acceptors (Lipinski definition) is 4. The standard InChI is InChI=1S/C22H33N5O2/c1-4-23-22(24-11-12-27-16-17(2)14-26-27)25-15-18-9-10-20(28-3)13-21(18)29-19-7-5-6-8-19/h9-10,13-14,16,19H,4-8,11-12,15H2,1-3H3,(H2,23,24,25). The maximum Gasteiger partial charge on any atom is 0.191 e. The minimum absolute atomic E-state index is 0.300. The minimum Gasteiger partial charge on any atom is -0.497 e. The van der Waals surface area contributed by atoms with Gasteiger partial charge in [0.2, 0.25) is 0 Å². The molecule has 0 spiro atoms. The van der Waals surface area contributed by atoms with Crippen LogP contribution in [0.1, 0.15) is 43.7 Å². The lowest BCUT2D eigenvalue weighted by atomic mass is 10.2. The molecule has 158 valence electrons. The van der Waals surface area contributed by atoms with E-state index in [0.717, 1.165) is 55.5 Å². The summed E-state index contributed by atoms with van der Waals surface area (Å²) in [5, 5.41) is 11.0. The molecule has 1 saturated carbocycles. The largest absolute Gasteiger partial charge is 0.497 e. The molecule has 29 heavy (non-hydrogen) atoms. The van der Waals surface area contributed by atoms with Gasteiger partial charge in [0.15, 0.2) is 5.96 Å². The van der Waals surface area contributed by atoms with Gasteiger partial charge in [0.05, 0.1) is 32.5 Å². The lowest BCUT2D eigenvalue weighted by Gasteiger charge is -2.17. The van der Waals surface area contributed by atoms with E-state index in [1.807, 2.05) is 42.2 Å². The molecule has 0 bridgehead atoms. The van der Waals surface area contributed by atoms with Gasteiger partial charge in [-0.05, 0) is 57.2 Å². The first kappa shape index (κ1) is 21.0. The average Bonchev–Trinajstić information content (AvgIpc) is 3.38. The molecule has 0 saturated heterocycles. The Kier molecular flexibility index (Phi) is 7.78. The zero-order chi connectivity index (χ0) is 20.5. The third kappa shape index (κ3) is 6.41. The molecule has 1 aromatic carbocycles. The maximum atomic E-state index is 6.28. The molecule has 0 radical (unpaired) electrons. The fourth-order valence-corrected chi connectivity index (χ4v) is 3.47. The first-order valence-electron chi connectivity index (χ1n) is 10.5. The van der Waals surface area contributed by atoms with Gasteiger partial charge >= 0.3 is 0 Å². The van der Waals surface area contributed by atoms with Crippen LogP contribution in [0, 0.1) is 6.92 Å². The summed E-state index contributed by atoms with van der Waals surface area (Å²) in [6.07, 6.45) is 8.94. The molecule has 1 fully saturated rings. The van der Waals surface area contributed by atoms with Crippen molar-refractivity contribution in [3.05, 3.63) is 41.7 Å². The highest BCUT2D eigenvalue weighted by Crippen LogP contribution is 2.30. The van der Waals surface area contributed by atoms with Gasteiger partial charge in [-0.2, -0.15) is 5.10 Å². The van der Waals surface area contributed by atoms with Crippen LogP contribution < -0.4 is 20.1 Å². The number of nitrogens with one attached hydrogen (secondary N) is 2. The van der Waals surface area contributed by atoms with Crippen LogP contribution in [0.4, 0.5) is 0 Å². The predicted octanol–water partition coefficient (Wildman–Crippen LogP) is 3.28. The first-order chi connectivity index (χ1) is 14.2. The zero-order valence-electron chi connectivity index (χ0n) is 17.8. The molecule has 1 aromatic heterocycles. The molecule has 3 rings (SSSR count). The van der Waals surface area contributed by atoms with Gasteiger partial charge in [0.1, 0.15) is 11.5 Å². The summed E-state index contributed by atoms with van der Waals surface area (Å²) in [5.74, 6) is 2.48. The quantitative estimate of drug-likeness (QED) is 0.500. The van der Waals surface area contributed by atoms with Crippen molar-refractivity contribution >= 4 is 5.96 Å². The fraction of sp³-hybridized carbons (Fsp3) is 0.545. The smallest absolute Gasteiger partial charge is 0.191 e. The summed E-state index contributed by atoms with van der Waals surface area (Å²) >= 11 is 0. The van der Waals surface area contributed by atoms with Crippen LogP contribution in [0.3, 0.4) is 0 Å². The normalized spacial score (nSPS) is 14.8. The van der Waals surface area contributed by atoms with E-state index in [1.165, 1.54) is 18.4 Å². The van der Waals surface area contributed by atoms with E-state index >= 15 is 0 Å². The second-order valence-electron chi connectivity index (χ2n) is 7.40. The van der Waals surface area contributed by atoms with Crippen molar-refractivity contribution in [1.82, 2.24) is 20.4 Å². The summed E-state index contributed by atoms with van der Waals surface area (Å²) in [6.45, 7) is 7.00. The van der Waals surface area contributed by atoms with Crippen LogP contribution in [0.2, 0.25) is 0 Å². The molecule has 0 amide bonds. The highest BCUT2D eigenvalue weighted by atomic mass is 16.5. The number of guanidine groups is 1. The number of aliphatic imine (C=N–C) groups is 1. The summed E-state index contributed by atoms with van der Waals surface area (Å²) in [6, 6.07) is 5.99. The van der Waals surface area contributed by atoms with Crippen LogP contribution in [-0.2, 0) is 13.1 Å². The molecule has 2 aromatic rings. The number of aryl methyl sites for hydroxylation is 1. The highest BCUT2D eigenvalue weighted by molar-refractivity contribution is 5.79. The van der Waals surface area contributed by atoms with E-state index in [2.05, 4.69) is 22.7 Å². The third-order valence-electron chi connectivity index (χ3n) is 5.02. The average molecular weight is 400 g/mol. The zero-order valence-corrected chi connectivity index (χ0v) is 17.8. The Morgan fingerprint density at radius 2 is 2.10 bits per heavy atom. The summed E-state index contributed by atoms with van der Waals surface area (Å²) in [5.41, 5.74) is 2.23. The molecule has 1 heterocycles. The number of ether oxygens (including phenoxy) is 2. The molecule has 0 aliphatic heterocycles. The molecule has 1 aliphatic rings. The summed E-state index contributed by atoms with van der Waals surface area (Å²) in [4.78, 5) is 4.75. The van der Waals surface area contributed by atoms with Crippen LogP contribution >= 0.6 is 0 Å². The molecule has 7 heteroatoms. The Labute approximate surface area is 173 Å². The maximum absolute atomic E-state index is 6.28. The second kappa shape index (κ2) is 10.7. The van der Waals surface area contributed by atoms with Crippen molar-refractivity contribution in [2.24, 2.45) is 4.99 Å². The Morgan fingerprint density at radius 3 is 2.79 bits per heavy atom. The SMILES string of the molecule is CCNC(=NCc1ccc(OC)cc1OC1CCCC1)NCCn1cc(C)cn1. The van der Waals surface area contributed by atoms with E-state index in [-0.39, 0.29) is 0 Å². The van der Waals surface area contributed by atoms with Crippen molar-refractivity contribution in [2.45, 2.75) is 58.7 Å². The number of rotatable bonds is 9. The van der Waals surface area contributed by atoms with Gasteiger partial charge in [0.25, 0.3) is 0 Å². The molecular weight excluding hydrogens is 366 g/mol. The van der Waals surface area contributed by atoms with Gasteiger partial charge in [-0.25, -0.2) is 4.99 Å². The molecule has 0 atom stereocenters. The lowest BCUT2D eigenvalue weighted by Crippen LogP contribution is -2.38. The van der Waals surface area contributed by atoms with Gasteiger partial charge in [0, 0.05) is 30.9 Å². The van der Waals surface area contributed by atoms with Crippen molar-refractivity contribution in [1.29, 1.82) is 0 Å². The molecule has 7 nitrogen and oxygen atoms in total. The van der Waals surface area contributed by atoms with E-state index in [0.29, 0.717) is 12.6 Å². The van der Waals surface area contributed by atoms with Crippen LogP contribution in [-0.4, -0.2) is 42.0 Å². The van der Waals surface area contributed by atoms with Gasteiger partial charge in [-0.15, -0.1) is 0 Å². The van der Waals surface area contributed by atoms with Crippen molar-refractivity contribution < 1.29 is 9.47 Å². The Hall–Kier alpha value is -2.70. The Morgan fingerprint density at radius 1 is 1.28 bits per heavy atom. The first-order valence-corrected chi connectivity index (χ1v) is 10.5. The van der Waals surface area contributed by atoms with Crippen molar-refractivity contribution in [2.75, 3.05) is 20.2 Å². The number of methoxy groups -OCH3 is 1. The number of benzene rings is 1. The van der Waals surface area contributed by atoms with Gasteiger partial charge in [-0.3, -0.25) is 4.68 Å². The third-order valence-corrected chi connectivity index (χ3v) is 5.02. The van der Waals surface area contributed by atoms with Crippen molar-refractivity contribution in [3.63, 3.8) is 0 Å². The lowest BCUT2D eigenvalue weighted by molar-refractivity contribution is 0.207. The number of nitrogens with zero attached hydrogens (tertiary/aromatic N) is 3. The van der Waals surface area contributed by atoms with E-state index in [4.69, 9.17) is 14.5 Å². The monoisotopic (exact) mass is 399 g/mol. The van der Waals surface area contributed by atoms with Gasteiger partial charge in [-0.1, -0.05) is 0 Å². The molecule has 1 aliphatic carbocycles. The van der Waals surface area contributed by atoms with Crippen LogP contribution in [0.5, 0.6) is 11.5 Å². The Bertz CT molecular complexity index is 796. The molecule has 0 unspecified atom stereocenters. The summed E-state index contributed by atoms with van der Waals surface area (Å²) < 4.78 is 13.6. The highest BCUT2D eigenvalue weighted by Gasteiger charge is 2.18. The van der Waals surface area contributed by atoms with Gasteiger partial charge < -0.3 is 20.1 Å². The van der Waals surface area contributed by atoms with E-state index in [9.17, 15) is 0 Å². The van der Waals surface area contributed by atoms with Crippen molar-refractivity contribution in [3.8, 4) is 11.5 Å². The van der Waals surface area contributed by atoms with E-state index in [1.54, 1.807) is 7.11 Å². The topological polar surface area (TPSA) is 72.7 Å². The number of hydrogen-bond donors (Lipinski definition) is 2. The van der Waals surface area contributed by atoms with E-state index < -0.39 is 0 Å². The number of aromatic nitrogens is 2. The molecule has 2 N–H and O–H groups in total.